The van der Waals surface area contributed by atoms with Crippen LogP contribution in [0.15, 0.2) is 42.5 Å². The first-order valence-electron chi connectivity index (χ1n) is 6.25. The minimum absolute atomic E-state index is 0.145. The molecule has 0 amide bonds. The Balaban J connectivity index is 2.20. The maximum absolute atomic E-state index is 4.12. The molecule has 19 heavy (non-hydrogen) atoms. The average Bonchev–Trinajstić information content (AvgIpc) is 2.86. The van der Waals surface area contributed by atoms with Gasteiger partial charge >= 0.3 is 0 Å². The Hall–Kier alpha value is -1.78. The van der Waals surface area contributed by atoms with Gasteiger partial charge in [-0.2, -0.15) is 0 Å². The number of benzene rings is 2. The molecular weight excluding hydrogens is 254 g/mol. The second-order valence-corrected chi connectivity index (χ2v) is 5.30. The Morgan fingerprint density at radius 3 is 2.63 bits per heavy atom. The summed E-state index contributed by atoms with van der Waals surface area (Å²) in [5.41, 5.74) is 2.27. The zero-order valence-electron chi connectivity index (χ0n) is 10.9. The van der Waals surface area contributed by atoms with Crippen molar-refractivity contribution in [2.75, 3.05) is 7.05 Å². The first-order valence-corrected chi connectivity index (χ1v) is 7.02. The van der Waals surface area contributed by atoms with E-state index in [4.69, 9.17) is 0 Å². The number of rotatable bonds is 3. The topological polar surface area (TPSA) is 37.8 Å². The predicted molar refractivity (Wildman–Crippen MR) is 79.5 cm³/mol. The van der Waals surface area contributed by atoms with E-state index >= 15 is 0 Å². The highest BCUT2D eigenvalue weighted by molar-refractivity contribution is 7.05. The SMILES string of the molecule is CNC(c1snnc1C)c1cccc2ccccc12. The minimum atomic E-state index is 0.145. The van der Waals surface area contributed by atoms with Gasteiger partial charge in [0.2, 0.25) is 0 Å². The van der Waals surface area contributed by atoms with E-state index in [1.54, 1.807) is 0 Å². The molecule has 2 aromatic carbocycles. The molecular formula is C15H15N3S. The van der Waals surface area contributed by atoms with Gasteiger partial charge in [-0.3, -0.25) is 0 Å². The lowest BCUT2D eigenvalue weighted by Gasteiger charge is -2.17. The fraction of sp³-hybridized carbons (Fsp3) is 0.200. The van der Waals surface area contributed by atoms with E-state index in [1.165, 1.54) is 32.7 Å². The van der Waals surface area contributed by atoms with Gasteiger partial charge in [0.15, 0.2) is 0 Å². The Morgan fingerprint density at radius 2 is 1.89 bits per heavy atom. The van der Waals surface area contributed by atoms with Crippen LogP contribution < -0.4 is 5.32 Å². The Bertz CT molecular complexity index is 700. The van der Waals surface area contributed by atoms with Gasteiger partial charge in [0.25, 0.3) is 0 Å². The first kappa shape index (κ1) is 12.3. The zero-order valence-corrected chi connectivity index (χ0v) is 11.7. The summed E-state index contributed by atoms with van der Waals surface area (Å²) in [5, 5.41) is 10.0. The molecule has 0 aliphatic carbocycles. The van der Waals surface area contributed by atoms with Gasteiger partial charge in [-0.25, -0.2) is 0 Å². The minimum Gasteiger partial charge on any atom is -0.309 e. The van der Waals surface area contributed by atoms with E-state index in [1.807, 2.05) is 14.0 Å². The highest BCUT2D eigenvalue weighted by atomic mass is 32.1. The van der Waals surface area contributed by atoms with Gasteiger partial charge in [-0.15, -0.1) is 5.10 Å². The molecule has 3 aromatic rings. The van der Waals surface area contributed by atoms with Crippen LogP contribution in [0.3, 0.4) is 0 Å². The number of fused-ring (bicyclic) bond motifs is 1. The molecule has 1 heterocycles. The molecule has 0 aliphatic heterocycles. The molecule has 3 rings (SSSR count). The average molecular weight is 269 g/mol. The highest BCUT2D eigenvalue weighted by Crippen LogP contribution is 2.31. The molecule has 0 fully saturated rings. The number of nitrogens with one attached hydrogen (secondary N) is 1. The van der Waals surface area contributed by atoms with Crippen LogP contribution in [-0.4, -0.2) is 16.6 Å². The van der Waals surface area contributed by atoms with Crippen LogP contribution in [0.25, 0.3) is 10.8 Å². The summed E-state index contributed by atoms with van der Waals surface area (Å²) in [4.78, 5) is 1.18. The molecule has 1 unspecified atom stereocenters. The van der Waals surface area contributed by atoms with Gasteiger partial charge < -0.3 is 5.32 Å². The summed E-state index contributed by atoms with van der Waals surface area (Å²) >= 11 is 1.46. The monoisotopic (exact) mass is 269 g/mol. The summed E-state index contributed by atoms with van der Waals surface area (Å²) in [5.74, 6) is 0. The first-order chi connectivity index (χ1) is 9.31. The van der Waals surface area contributed by atoms with Crippen molar-refractivity contribution in [3.05, 3.63) is 58.6 Å². The van der Waals surface area contributed by atoms with Crippen molar-refractivity contribution in [1.29, 1.82) is 0 Å². The number of hydrogen-bond acceptors (Lipinski definition) is 4. The van der Waals surface area contributed by atoms with Gasteiger partial charge in [-0.1, -0.05) is 47.0 Å². The molecule has 0 saturated heterocycles. The molecule has 96 valence electrons. The van der Waals surface area contributed by atoms with E-state index < -0.39 is 0 Å². The fourth-order valence-corrected chi connectivity index (χ4v) is 3.21. The molecule has 0 saturated carbocycles. The molecule has 4 heteroatoms. The molecule has 0 bridgehead atoms. The molecule has 1 N–H and O–H groups in total. The maximum atomic E-state index is 4.12. The highest BCUT2D eigenvalue weighted by Gasteiger charge is 2.19. The quantitative estimate of drug-likeness (QED) is 0.792. The van der Waals surface area contributed by atoms with Crippen LogP contribution in [-0.2, 0) is 0 Å². The summed E-state index contributed by atoms with van der Waals surface area (Å²) in [6.45, 7) is 2.01. The number of aromatic nitrogens is 2. The Morgan fingerprint density at radius 1 is 1.11 bits per heavy atom. The van der Waals surface area contributed by atoms with Crippen LogP contribution in [0, 0.1) is 6.92 Å². The van der Waals surface area contributed by atoms with Crippen molar-refractivity contribution in [3.63, 3.8) is 0 Å². The fourth-order valence-electron chi connectivity index (χ4n) is 2.43. The Kier molecular flexibility index (Phi) is 3.27. The van der Waals surface area contributed by atoms with E-state index in [2.05, 4.69) is 57.4 Å². The third-order valence-electron chi connectivity index (χ3n) is 3.37. The lowest BCUT2D eigenvalue weighted by molar-refractivity contribution is 0.702. The summed E-state index contributed by atoms with van der Waals surface area (Å²) < 4.78 is 4.05. The lowest BCUT2D eigenvalue weighted by atomic mass is 9.97. The maximum Gasteiger partial charge on any atom is 0.0776 e. The number of nitrogens with zero attached hydrogens (tertiary/aromatic N) is 2. The summed E-state index contributed by atoms with van der Waals surface area (Å²) in [7, 11) is 1.98. The van der Waals surface area contributed by atoms with Crippen molar-refractivity contribution in [2.45, 2.75) is 13.0 Å². The molecule has 1 atom stereocenters. The smallest absolute Gasteiger partial charge is 0.0776 e. The molecule has 0 spiro atoms. The zero-order chi connectivity index (χ0) is 13.2. The largest absolute Gasteiger partial charge is 0.309 e. The normalized spacial score (nSPS) is 12.7. The van der Waals surface area contributed by atoms with E-state index in [0.717, 1.165) is 5.69 Å². The number of aryl methyl sites for hydroxylation is 1. The van der Waals surface area contributed by atoms with Crippen molar-refractivity contribution in [1.82, 2.24) is 14.9 Å². The van der Waals surface area contributed by atoms with E-state index in [0.29, 0.717) is 0 Å². The van der Waals surface area contributed by atoms with Crippen LogP contribution in [0.5, 0.6) is 0 Å². The van der Waals surface area contributed by atoms with Gasteiger partial charge in [0.05, 0.1) is 16.6 Å². The summed E-state index contributed by atoms with van der Waals surface area (Å²) in [6.07, 6.45) is 0. The van der Waals surface area contributed by atoms with Crippen molar-refractivity contribution in [3.8, 4) is 0 Å². The van der Waals surface area contributed by atoms with Gasteiger partial charge in [0.1, 0.15) is 0 Å². The molecule has 1 aromatic heterocycles. The van der Waals surface area contributed by atoms with Gasteiger partial charge in [0, 0.05) is 0 Å². The second kappa shape index (κ2) is 5.07. The van der Waals surface area contributed by atoms with Gasteiger partial charge in [-0.05, 0) is 41.8 Å². The van der Waals surface area contributed by atoms with Crippen molar-refractivity contribution >= 4 is 22.3 Å². The number of hydrogen-bond donors (Lipinski definition) is 1. The summed E-state index contributed by atoms with van der Waals surface area (Å²) in [6, 6.07) is 15.0. The van der Waals surface area contributed by atoms with Crippen LogP contribution >= 0.6 is 11.5 Å². The standard InChI is InChI=1S/C15H15N3S/c1-10-15(19-18-17-10)14(16-2)13-9-5-7-11-6-3-4-8-12(11)13/h3-9,14,16H,1-2H3. The third-order valence-corrected chi connectivity index (χ3v) is 4.26. The van der Waals surface area contributed by atoms with Crippen LogP contribution in [0.1, 0.15) is 22.2 Å². The van der Waals surface area contributed by atoms with Crippen LogP contribution in [0.2, 0.25) is 0 Å². The van der Waals surface area contributed by atoms with Crippen molar-refractivity contribution in [2.24, 2.45) is 0 Å². The predicted octanol–water partition coefficient (Wildman–Crippen LogP) is 3.31. The van der Waals surface area contributed by atoms with E-state index in [-0.39, 0.29) is 6.04 Å². The molecule has 0 aliphatic rings. The molecule has 0 radical (unpaired) electrons. The molecule has 3 nitrogen and oxygen atoms in total. The second-order valence-electron chi connectivity index (χ2n) is 4.51. The van der Waals surface area contributed by atoms with E-state index in [9.17, 15) is 0 Å². The third kappa shape index (κ3) is 2.13. The van der Waals surface area contributed by atoms with Crippen molar-refractivity contribution < 1.29 is 0 Å². The lowest BCUT2D eigenvalue weighted by Crippen LogP contribution is -2.17. The Labute approximate surface area is 116 Å². The van der Waals surface area contributed by atoms with Crippen LogP contribution in [0.4, 0.5) is 0 Å².